The van der Waals surface area contributed by atoms with Gasteiger partial charge in [0, 0.05) is 12.1 Å². The predicted octanol–water partition coefficient (Wildman–Crippen LogP) is 2.47. The van der Waals surface area contributed by atoms with E-state index in [1.54, 1.807) is 4.90 Å². The second-order valence-electron chi connectivity index (χ2n) is 5.36. The number of nitrogens with zero attached hydrogens (tertiary/aromatic N) is 1. The second kappa shape index (κ2) is 4.69. The average molecular weight is 251 g/mol. The highest BCUT2D eigenvalue weighted by atomic mass is 19.1. The van der Waals surface area contributed by atoms with E-state index in [0.717, 1.165) is 0 Å². The topological polar surface area (TPSA) is 29.5 Å². The monoisotopic (exact) mass is 251 g/mol. The summed E-state index contributed by atoms with van der Waals surface area (Å²) in [5, 5.41) is 0. The average Bonchev–Trinajstić information content (AvgIpc) is 2.32. The lowest BCUT2D eigenvalue weighted by Crippen LogP contribution is -2.57. The zero-order valence-corrected chi connectivity index (χ0v) is 10.9. The fourth-order valence-corrected chi connectivity index (χ4v) is 2.09. The van der Waals surface area contributed by atoms with Gasteiger partial charge in [0.25, 0.3) is 5.91 Å². The van der Waals surface area contributed by atoms with Crippen molar-refractivity contribution in [3.05, 3.63) is 35.6 Å². The van der Waals surface area contributed by atoms with Crippen LogP contribution in [0.15, 0.2) is 24.3 Å². The summed E-state index contributed by atoms with van der Waals surface area (Å²) in [7, 11) is 0. The standard InChI is InChI=1S/C14H18FNO2/c1-10-8-16(14(2,3)9-18-10)13(17)11-4-6-12(15)7-5-11/h4-7,10H,8-9H2,1-3H3. The number of hydrogen-bond donors (Lipinski definition) is 0. The molecule has 0 radical (unpaired) electrons. The molecule has 2 rings (SSSR count). The number of rotatable bonds is 1. The molecule has 0 bridgehead atoms. The van der Waals surface area contributed by atoms with E-state index in [4.69, 9.17) is 4.74 Å². The Hall–Kier alpha value is -1.42. The minimum atomic E-state index is -0.335. The first-order valence-electron chi connectivity index (χ1n) is 6.09. The third-order valence-corrected chi connectivity index (χ3v) is 3.23. The van der Waals surface area contributed by atoms with Gasteiger partial charge >= 0.3 is 0 Å². The molecule has 1 aromatic carbocycles. The molecule has 0 saturated carbocycles. The lowest BCUT2D eigenvalue weighted by molar-refractivity contribution is -0.0755. The lowest BCUT2D eigenvalue weighted by Gasteiger charge is -2.44. The van der Waals surface area contributed by atoms with Crippen molar-refractivity contribution >= 4 is 5.91 Å². The van der Waals surface area contributed by atoms with Crippen molar-refractivity contribution in [3.63, 3.8) is 0 Å². The molecule has 1 fully saturated rings. The Morgan fingerprint density at radius 2 is 2.00 bits per heavy atom. The van der Waals surface area contributed by atoms with Crippen LogP contribution in [-0.2, 0) is 4.74 Å². The van der Waals surface area contributed by atoms with Gasteiger partial charge in [-0.25, -0.2) is 4.39 Å². The molecule has 4 heteroatoms. The van der Waals surface area contributed by atoms with Crippen molar-refractivity contribution in [2.45, 2.75) is 32.4 Å². The van der Waals surface area contributed by atoms with Gasteiger partial charge < -0.3 is 9.64 Å². The summed E-state index contributed by atoms with van der Waals surface area (Å²) in [5.41, 5.74) is 0.177. The molecule has 0 aromatic heterocycles. The molecule has 3 nitrogen and oxygen atoms in total. The number of carbonyl (C=O) groups is 1. The fraction of sp³-hybridized carbons (Fsp3) is 0.500. The van der Waals surface area contributed by atoms with Crippen LogP contribution in [-0.4, -0.2) is 35.6 Å². The number of ether oxygens (including phenoxy) is 1. The molecule has 1 aliphatic heterocycles. The van der Waals surface area contributed by atoms with Gasteiger partial charge in [0.05, 0.1) is 18.2 Å². The Bertz CT molecular complexity index is 442. The van der Waals surface area contributed by atoms with Crippen LogP contribution in [0.1, 0.15) is 31.1 Å². The first kappa shape index (κ1) is 13.0. The summed E-state index contributed by atoms with van der Waals surface area (Å²) in [5.74, 6) is -0.406. The van der Waals surface area contributed by atoms with Crippen molar-refractivity contribution in [1.82, 2.24) is 4.90 Å². The zero-order chi connectivity index (χ0) is 13.3. The van der Waals surface area contributed by atoms with E-state index in [1.165, 1.54) is 24.3 Å². The highest BCUT2D eigenvalue weighted by Gasteiger charge is 2.36. The van der Waals surface area contributed by atoms with Crippen molar-refractivity contribution in [2.75, 3.05) is 13.2 Å². The van der Waals surface area contributed by atoms with Gasteiger partial charge in [-0.05, 0) is 45.0 Å². The minimum Gasteiger partial charge on any atom is -0.374 e. The van der Waals surface area contributed by atoms with Gasteiger partial charge in [-0.2, -0.15) is 0 Å². The van der Waals surface area contributed by atoms with E-state index < -0.39 is 0 Å². The largest absolute Gasteiger partial charge is 0.374 e. The van der Waals surface area contributed by atoms with Crippen LogP contribution in [0.4, 0.5) is 4.39 Å². The molecule has 1 unspecified atom stereocenters. The number of carbonyl (C=O) groups excluding carboxylic acids is 1. The Morgan fingerprint density at radius 1 is 1.39 bits per heavy atom. The molecule has 1 aliphatic rings. The third kappa shape index (κ3) is 2.53. The lowest BCUT2D eigenvalue weighted by atomic mass is 9.99. The number of hydrogen-bond acceptors (Lipinski definition) is 2. The van der Waals surface area contributed by atoms with Crippen molar-refractivity contribution in [3.8, 4) is 0 Å². The molecule has 98 valence electrons. The Kier molecular flexibility index (Phi) is 3.39. The molecule has 0 aliphatic carbocycles. The summed E-state index contributed by atoms with van der Waals surface area (Å²) < 4.78 is 18.4. The van der Waals surface area contributed by atoms with Crippen LogP contribution in [0.2, 0.25) is 0 Å². The highest BCUT2D eigenvalue weighted by molar-refractivity contribution is 5.94. The Labute approximate surface area is 107 Å². The summed E-state index contributed by atoms with van der Waals surface area (Å²) >= 11 is 0. The molecule has 18 heavy (non-hydrogen) atoms. The van der Waals surface area contributed by atoms with Gasteiger partial charge in [-0.1, -0.05) is 0 Å². The number of halogens is 1. The van der Waals surface area contributed by atoms with Gasteiger partial charge in [-0.15, -0.1) is 0 Å². The van der Waals surface area contributed by atoms with Crippen LogP contribution >= 0.6 is 0 Å². The van der Waals surface area contributed by atoms with Crippen LogP contribution in [0.25, 0.3) is 0 Å². The maximum Gasteiger partial charge on any atom is 0.254 e. The van der Waals surface area contributed by atoms with E-state index >= 15 is 0 Å². The molecule has 1 atom stereocenters. The summed E-state index contributed by atoms with van der Waals surface area (Å²) in [4.78, 5) is 14.2. The highest BCUT2D eigenvalue weighted by Crippen LogP contribution is 2.24. The maximum absolute atomic E-state index is 12.9. The maximum atomic E-state index is 12.9. The molecule has 0 N–H and O–H groups in total. The van der Waals surface area contributed by atoms with E-state index in [0.29, 0.717) is 18.7 Å². The van der Waals surface area contributed by atoms with Gasteiger partial charge in [0.1, 0.15) is 5.82 Å². The van der Waals surface area contributed by atoms with Crippen LogP contribution in [0, 0.1) is 5.82 Å². The molecule has 1 aromatic rings. The first-order chi connectivity index (χ1) is 8.40. The first-order valence-corrected chi connectivity index (χ1v) is 6.09. The molecule has 1 amide bonds. The van der Waals surface area contributed by atoms with Crippen LogP contribution in [0.3, 0.4) is 0 Å². The SMILES string of the molecule is CC1CN(C(=O)c2ccc(F)cc2)C(C)(C)CO1. The predicted molar refractivity (Wildman–Crippen MR) is 66.9 cm³/mol. The molecule has 0 spiro atoms. The fourth-order valence-electron chi connectivity index (χ4n) is 2.09. The van der Waals surface area contributed by atoms with Crippen molar-refractivity contribution in [2.24, 2.45) is 0 Å². The van der Waals surface area contributed by atoms with Crippen LogP contribution in [0.5, 0.6) is 0 Å². The number of amides is 1. The summed E-state index contributed by atoms with van der Waals surface area (Å²) in [6, 6.07) is 5.66. The van der Waals surface area contributed by atoms with Crippen molar-refractivity contribution < 1.29 is 13.9 Å². The molecular formula is C14H18FNO2. The summed E-state index contributed by atoms with van der Waals surface area (Å²) in [6.45, 7) is 6.96. The van der Waals surface area contributed by atoms with Gasteiger partial charge in [-0.3, -0.25) is 4.79 Å². The minimum absolute atomic E-state index is 0.0300. The van der Waals surface area contributed by atoms with Crippen molar-refractivity contribution in [1.29, 1.82) is 0 Å². The molecule has 1 saturated heterocycles. The Balaban J connectivity index is 2.23. The number of morpholine rings is 1. The third-order valence-electron chi connectivity index (χ3n) is 3.23. The normalized spacial score (nSPS) is 22.9. The van der Waals surface area contributed by atoms with E-state index in [-0.39, 0.29) is 23.4 Å². The van der Waals surface area contributed by atoms with Gasteiger partial charge in [0.15, 0.2) is 0 Å². The van der Waals surface area contributed by atoms with E-state index in [1.807, 2.05) is 20.8 Å². The smallest absolute Gasteiger partial charge is 0.254 e. The number of benzene rings is 1. The summed E-state index contributed by atoms with van der Waals surface area (Å²) in [6.07, 6.45) is 0.0300. The molecular weight excluding hydrogens is 233 g/mol. The Morgan fingerprint density at radius 3 is 2.61 bits per heavy atom. The quantitative estimate of drug-likeness (QED) is 0.767. The van der Waals surface area contributed by atoms with E-state index in [2.05, 4.69) is 0 Å². The van der Waals surface area contributed by atoms with Gasteiger partial charge in [0.2, 0.25) is 0 Å². The zero-order valence-electron chi connectivity index (χ0n) is 10.9. The second-order valence-corrected chi connectivity index (χ2v) is 5.36. The van der Waals surface area contributed by atoms with Crippen LogP contribution < -0.4 is 0 Å². The molecule has 1 heterocycles. The van der Waals surface area contributed by atoms with E-state index in [9.17, 15) is 9.18 Å².